The summed E-state index contributed by atoms with van der Waals surface area (Å²) in [4.78, 5) is 10.6. The number of hydrogen-bond acceptors (Lipinski definition) is 1. The van der Waals surface area contributed by atoms with Crippen molar-refractivity contribution in [2.45, 2.75) is 154 Å². The third kappa shape index (κ3) is 16.8. The zero-order valence-corrected chi connectivity index (χ0v) is 19.2. The normalized spacial score (nSPS) is 24.9. The van der Waals surface area contributed by atoms with Gasteiger partial charge in [0.2, 0.25) is 0 Å². The highest BCUT2D eigenvalue weighted by molar-refractivity contribution is 5.66. The van der Waals surface area contributed by atoms with Crippen LogP contribution in [0.1, 0.15) is 148 Å². The largest absolute Gasteiger partial charge is 0.481 e. The molecule has 1 N–H and O–H groups in total. The van der Waals surface area contributed by atoms with Gasteiger partial charge in [0.1, 0.15) is 6.17 Å². The first-order chi connectivity index (χ1) is 14.2. The van der Waals surface area contributed by atoms with E-state index >= 15 is 0 Å². The lowest BCUT2D eigenvalue weighted by Crippen LogP contribution is -2.16. The van der Waals surface area contributed by atoms with Crippen molar-refractivity contribution in [1.82, 2.24) is 0 Å². The lowest BCUT2D eigenvalue weighted by molar-refractivity contribution is -0.137. The van der Waals surface area contributed by atoms with Gasteiger partial charge in [0, 0.05) is 6.42 Å². The van der Waals surface area contributed by atoms with Crippen LogP contribution < -0.4 is 0 Å². The third-order valence-corrected chi connectivity index (χ3v) is 6.78. The Bertz CT molecular complexity index is 372. The van der Waals surface area contributed by atoms with Crippen molar-refractivity contribution in [2.75, 3.05) is 0 Å². The van der Waals surface area contributed by atoms with Crippen LogP contribution in [0, 0.1) is 5.92 Å². The topological polar surface area (TPSA) is 37.3 Å². The Balaban J connectivity index is 2.31. The Labute approximate surface area is 180 Å². The minimum atomic E-state index is -0.701. The summed E-state index contributed by atoms with van der Waals surface area (Å²) in [6.45, 7) is 0. The van der Waals surface area contributed by atoms with Crippen LogP contribution in [0.15, 0.2) is 0 Å². The van der Waals surface area contributed by atoms with Gasteiger partial charge in [-0.1, -0.05) is 116 Å². The number of unbranched alkanes of at least 4 members (excludes halogenated alkanes) is 3. The molecule has 0 radical (unpaired) electrons. The molecular formula is C26H49FO2. The Morgan fingerprint density at radius 2 is 1.03 bits per heavy atom. The van der Waals surface area contributed by atoms with E-state index in [0.717, 1.165) is 51.4 Å². The van der Waals surface area contributed by atoms with Crippen LogP contribution in [0.25, 0.3) is 0 Å². The van der Waals surface area contributed by atoms with Crippen molar-refractivity contribution < 1.29 is 14.3 Å². The standard InChI is InChI=1S/C26H49FO2/c27-25-22-18-13-11-9-7-5-3-1-2-4-6-8-10-12-16-20-24(25)21-17-14-15-19-23-26(28)29/h24-25H,1-23H2,(H,28,29). The second-order valence-electron chi connectivity index (χ2n) is 9.50. The van der Waals surface area contributed by atoms with Crippen molar-refractivity contribution in [3.05, 3.63) is 0 Å². The Hall–Kier alpha value is -0.600. The van der Waals surface area contributed by atoms with Crippen LogP contribution in [-0.4, -0.2) is 17.2 Å². The number of carboxylic acids is 1. The maximum absolute atomic E-state index is 14.9. The SMILES string of the molecule is O=C(O)CCCCCCC1CCCCCCCCCCCCCCCCCC1F. The van der Waals surface area contributed by atoms with E-state index in [1.807, 2.05) is 0 Å². The van der Waals surface area contributed by atoms with E-state index in [4.69, 9.17) is 5.11 Å². The van der Waals surface area contributed by atoms with Gasteiger partial charge in [-0.2, -0.15) is 0 Å². The minimum Gasteiger partial charge on any atom is -0.481 e. The first kappa shape index (κ1) is 26.4. The fraction of sp³-hybridized carbons (Fsp3) is 0.962. The number of carboxylic acid groups (broad SMARTS) is 1. The molecule has 0 spiro atoms. The van der Waals surface area contributed by atoms with E-state index in [1.165, 1.54) is 89.9 Å². The fourth-order valence-electron chi connectivity index (χ4n) is 4.82. The molecule has 1 rings (SSSR count). The van der Waals surface area contributed by atoms with Crippen molar-refractivity contribution in [3.8, 4) is 0 Å². The Kier molecular flexibility index (Phi) is 17.7. The molecule has 1 fully saturated rings. The summed E-state index contributed by atoms with van der Waals surface area (Å²) in [5.74, 6) is -0.468. The quantitative estimate of drug-likeness (QED) is 0.423. The van der Waals surface area contributed by atoms with E-state index < -0.39 is 12.1 Å². The molecule has 2 unspecified atom stereocenters. The summed E-state index contributed by atoms with van der Waals surface area (Å²) < 4.78 is 14.9. The molecule has 1 aliphatic rings. The molecule has 0 bridgehead atoms. The van der Waals surface area contributed by atoms with Crippen LogP contribution in [-0.2, 0) is 4.79 Å². The average molecular weight is 413 g/mol. The summed E-state index contributed by atoms with van der Waals surface area (Å²) in [6.07, 6.45) is 26.0. The highest BCUT2D eigenvalue weighted by atomic mass is 19.1. The molecule has 1 saturated carbocycles. The second kappa shape index (κ2) is 19.4. The van der Waals surface area contributed by atoms with Crippen LogP contribution in [0.3, 0.4) is 0 Å². The Morgan fingerprint density at radius 3 is 1.52 bits per heavy atom. The minimum absolute atomic E-state index is 0.233. The lowest BCUT2D eigenvalue weighted by Gasteiger charge is -2.21. The van der Waals surface area contributed by atoms with Crippen molar-refractivity contribution >= 4 is 5.97 Å². The van der Waals surface area contributed by atoms with Crippen LogP contribution in [0.2, 0.25) is 0 Å². The maximum Gasteiger partial charge on any atom is 0.303 e. The van der Waals surface area contributed by atoms with Crippen molar-refractivity contribution in [2.24, 2.45) is 5.92 Å². The number of hydrogen-bond donors (Lipinski definition) is 1. The van der Waals surface area contributed by atoms with E-state index in [9.17, 15) is 9.18 Å². The van der Waals surface area contributed by atoms with E-state index in [-0.39, 0.29) is 12.3 Å². The summed E-state index contributed by atoms with van der Waals surface area (Å²) in [5.41, 5.74) is 0. The average Bonchev–Trinajstić information content (AvgIpc) is 2.70. The summed E-state index contributed by atoms with van der Waals surface area (Å²) in [5, 5.41) is 8.72. The van der Waals surface area contributed by atoms with Gasteiger partial charge in [0.05, 0.1) is 0 Å². The van der Waals surface area contributed by atoms with Crippen LogP contribution in [0.5, 0.6) is 0 Å². The highest BCUT2D eigenvalue weighted by Crippen LogP contribution is 2.27. The molecule has 0 aliphatic heterocycles. The summed E-state index contributed by atoms with van der Waals surface area (Å²) in [7, 11) is 0. The zero-order chi connectivity index (χ0) is 21.0. The number of aliphatic carboxylic acids is 1. The summed E-state index contributed by atoms with van der Waals surface area (Å²) in [6, 6.07) is 0. The van der Waals surface area contributed by atoms with Gasteiger partial charge in [-0.25, -0.2) is 4.39 Å². The van der Waals surface area contributed by atoms with Gasteiger partial charge in [-0.05, 0) is 31.6 Å². The van der Waals surface area contributed by atoms with Crippen molar-refractivity contribution in [1.29, 1.82) is 0 Å². The van der Waals surface area contributed by atoms with E-state index in [0.29, 0.717) is 0 Å². The molecule has 0 aromatic rings. The zero-order valence-electron chi connectivity index (χ0n) is 19.2. The third-order valence-electron chi connectivity index (χ3n) is 6.78. The molecule has 2 nitrogen and oxygen atoms in total. The maximum atomic E-state index is 14.9. The van der Waals surface area contributed by atoms with Gasteiger partial charge < -0.3 is 5.11 Å². The molecule has 3 heteroatoms. The summed E-state index contributed by atoms with van der Waals surface area (Å²) >= 11 is 0. The molecule has 0 saturated heterocycles. The van der Waals surface area contributed by atoms with E-state index in [2.05, 4.69) is 0 Å². The molecule has 29 heavy (non-hydrogen) atoms. The monoisotopic (exact) mass is 412 g/mol. The molecule has 1 aliphatic carbocycles. The van der Waals surface area contributed by atoms with Gasteiger partial charge in [0.15, 0.2) is 0 Å². The molecule has 0 aromatic carbocycles. The molecule has 172 valence electrons. The number of rotatable bonds is 7. The van der Waals surface area contributed by atoms with E-state index in [1.54, 1.807) is 0 Å². The smallest absolute Gasteiger partial charge is 0.303 e. The van der Waals surface area contributed by atoms with Crippen LogP contribution >= 0.6 is 0 Å². The molecule has 0 aromatic heterocycles. The van der Waals surface area contributed by atoms with Crippen LogP contribution in [0.4, 0.5) is 4.39 Å². The highest BCUT2D eigenvalue weighted by Gasteiger charge is 2.20. The predicted molar refractivity (Wildman–Crippen MR) is 122 cm³/mol. The Morgan fingerprint density at radius 1 is 0.621 bits per heavy atom. The number of alkyl halides is 1. The first-order valence-electron chi connectivity index (χ1n) is 13.1. The molecule has 2 atom stereocenters. The predicted octanol–water partition coefficient (Wildman–Crippen LogP) is 9.01. The molecular weight excluding hydrogens is 363 g/mol. The van der Waals surface area contributed by atoms with Gasteiger partial charge in [0.25, 0.3) is 0 Å². The lowest BCUT2D eigenvalue weighted by atomic mass is 9.88. The van der Waals surface area contributed by atoms with Gasteiger partial charge >= 0.3 is 5.97 Å². The number of carbonyl (C=O) groups is 1. The fourth-order valence-corrected chi connectivity index (χ4v) is 4.82. The van der Waals surface area contributed by atoms with Crippen molar-refractivity contribution in [3.63, 3.8) is 0 Å². The van der Waals surface area contributed by atoms with Gasteiger partial charge in [-0.15, -0.1) is 0 Å². The molecule has 0 heterocycles. The van der Waals surface area contributed by atoms with Gasteiger partial charge in [-0.3, -0.25) is 4.79 Å². The molecule has 0 amide bonds. The second-order valence-corrected chi connectivity index (χ2v) is 9.50. The first-order valence-corrected chi connectivity index (χ1v) is 13.1. The number of halogens is 1.